The molecule has 148 valence electrons. The molecule has 0 atom stereocenters. The van der Waals surface area contributed by atoms with Gasteiger partial charge in [-0.25, -0.2) is 0 Å². The second-order valence-corrected chi connectivity index (χ2v) is 9.02. The third-order valence-electron chi connectivity index (χ3n) is 5.05. The average molecular weight is 407 g/mol. The van der Waals surface area contributed by atoms with Crippen LogP contribution in [0.4, 0.5) is 0 Å². The Morgan fingerprint density at radius 3 is 1.86 bits per heavy atom. The molecule has 0 saturated heterocycles. The van der Waals surface area contributed by atoms with E-state index in [1.54, 1.807) is 62.8 Å². The van der Waals surface area contributed by atoms with Gasteiger partial charge in [0.05, 0.1) is 30.5 Å². The van der Waals surface area contributed by atoms with Gasteiger partial charge in [-0.2, -0.15) is 0 Å². The Morgan fingerprint density at radius 1 is 0.759 bits per heavy atom. The number of hydrogen-bond acceptors (Lipinski definition) is 5. The first-order chi connectivity index (χ1) is 14.1. The molecule has 0 aromatic heterocycles. The summed E-state index contributed by atoms with van der Waals surface area (Å²) in [6, 6.07) is 22.2. The highest BCUT2D eigenvalue weighted by Gasteiger charge is 2.31. The van der Waals surface area contributed by atoms with E-state index in [9.17, 15) is 4.57 Å². The molecule has 1 aliphatic carbocycles. The van der Waals surface area contributed by atoms with Crippen LogP contribution >= 0.6 is 7.37 Å². The van der Waals surface area contributed by atoms with Crippen LogP contribution in [0.5, 0.6) is 11.5 Å². The Hall–Kier alpha value is -3.04. The molecule has 0 unspecified atom stereocenters. The first kappa shape index (κ1) is 19.3. The predicted molar refractivity (Wildman–Crippen MR) is 115 cm³/mol. The van der Waals surface area contributed by atoms with Crippen molar-refractivity contribution in [2.24, 2.45) is 5.16 Å². The maximum absolute atomic E-state index is 14.1. The maximum atomic E-state index is 14.1. The lowest BCUT2D eigenvalue weighted by Crippen LogP contribution is -2.17. The molecule has 0 spiro atoms. The summed E-state index contributed by atoms with van der Waals surface area (Å²) in [4.78, 5) is 0. The lowest BCUT2D eigenvalue weighted by atomic mass is 10.1. The largest absolute Gasteiger partial charge is 0.497 e. The zero-order valence-electron chi connectivity index (χ0n) is 16.4. The number of ether oxygens (including phenoxy) is 2. The normalized spacial score (nSPS) is 14.5. The van der Waals surface area contributed by atoms with Gasteiger partial charge in [0.2, 0.25) is 0 Å². The summed E-state index contributed by atoms with van der Waals surface area (Å²) in [6.45, 7) is 0. The van der Waals surface area contributed by atoms with Crippen LogP contribution in [0.1, 0.15) is 17.5 Å². The minimum Gasteiger partial charge on any atom is -0.497 e. The van der Waals surface area contributed by atoms with Crippen LogP contribution in [0.2, 0.25) is 0 Å². The van der Waals surface area contributed by atoms with Crippen molar-refractivity contribution in [3.63, 3.8) is 0 Å². The number of benzene rings is 3. The molecule has 5 nitrogen and oxygen atoms in total. The van der Waals surface area contributed by atoms with Gasteiger partial charge in [0, 0.05) is 5.56 Å². The smallest absolute Gasteiger partial charge is 0.330 e. The summed E-state index contributed by atoms with van der Waals surface area (Å²) in [5, 5.41) is 5.48. The number of nitrogens with zero attached hydrogens (tertiary/aromatic N) is 1. The van der Waals surface area contributed by atoms with Gasteiger partial charge in [-0.3, -0.25) is 4.57 Å². The molecule has 0 fully saturated rings. The van der Waals surface area contributed by atoms with Crippen molar-refractivity contribution < 1.29 is 18.7 Å². The Kier molecular flexibility index (Phi) is 5.41. The molecule has 0 heterocycles. The molecule has 0 radical (unpaired) electrons. The number of rotatable bonds is 6. The average Bonchev–Trinajstić information content (AvgIpc) is 3.21. The van der Waals surface area contributed by atoms with E-state index in [4.69, 9.17) is 14.1 Å². The van der Waals surface area contributed by atoms with E-state index in [1.165, 1.54) is 5.56 Å². The van der Waals surface area contributed by atoms with Crippen molar-refractivity contribution in [1.29, 1.82) is 0 Å². The van der Waals surface area contributed by atoms with E-state index in [-0.39, 0.29) is 0 Å². The van der Waals surface area contributed by atoms with Crippen LogP contribution in [0.25, 0.3) is 0 Å². The van der Waals surface area contributed by atoms with Crippen LogP contribution in [0.3, 0.4) is 0 Å². The van der Waals surface area contributed by atoms with Gasteiger partial charge in [-0.05, 0) is 66.9 Å². The number of fused-ring (bicyclic) bond motifs is 1. The van der Waals surface area contributed by atoms with Crippen LogP contribution in [0.15, 0.2) is 78.0 Å². The third-order valence-corrected chi connectivity index (χ3v) is 7.32. The summed E-state index contributed by atoms with van der Waals surface area (Å²) < 4.78 is 30.4. The number of methoxy groups -OCH3 is 2. The molecule has 6 heteroatoms. The van der Waals surface area contributed by atoms with Crippen LogP contribution < -0.4 is 20.1 Å². The van der Waals surface area contributed by atoms with Crippen molar-refractivity contribution in [3.05, 3.63) is 83.9 Å². The fraction of sp³-hybridized carbons (Fsp3) is 0.174. The van der Waals surface area contributed by atoms with Gasteiger partial charge in [-0.1, -0.05) is 29.4 Å². The van der Waals surface area contributed by atoms with Gasteiger partial charge in [-0.15, -0.1) is 0 Å². The zero-order chi connectivity index (χ0) is 20.3. The first-order valence-corrected chi connectivity index (χ1v) is 11.0. The van der Waals surface area contributed by atoms with Crippen LogP contribution in [0, 0.1) is 0 Å². The maximum Gasteiger partial charge on any atom is 0.330 e. The minimum absolute atomic E-state index is 0.555. The fourth-order valence-electron chi connectivity index (χ4n) is 3.41. The van der Waals surface area contributed by atoms with Gasteiger partial charge in [0.15, 0.2) is 0 Å². The molecule has 1 aliphatic rings. The second kappa shape index (κ2) is 8.14. The molecule has 0 saturated carbocycles. The summed E-state index contributed by atoms with van der Waals surface area (Å²) >= 11 is 0. The van der Waals surface area contributed by atoms with Crippen molar-refractivity contribution in [3.8, 4) is 11.5 Å². The van der Waals surface area contributed by atoms with Gasteiger partial charge in [0.1, 0.15) is 11.5 Å². The Labute approximate surface area is 170 Å². The summed E-state index contributed by atoms with van der Waals surface area (Å²) in [6.07, 6.45) is 1.68. The molecule has 4 rings (SSSR count). The number of oxime groups is 1. The van der Waals surface area contributed by atoms with E-state index in [2.05, 4.69) is 11.2 Å². The highest BCUT2D eigenvalue weighted by atomic mass is 31.2. The van der Waals surface area contributed by atoms with Gasteiger partial charge < -0.3 is 14.1 Å². The lowest BCUT2D eigenvalue weighted by molar-refractivity contribution is 0.348. The molecule has 3 aromatic rings. The van der Waals surface area contributed by atoms with Crippen molar-refractivity contribution >= 4 is 23.7 Å². The topological polar surface area (TPSA) is 57.1 Å². The Balaban J connectivity index is 1.73. The van der Waals surface area contributed by atoms with E-state index in [1.807, 2.05) is 18.2 Å². The molecule has 0 bridgehead atoms. The monoisotopic (exact) mass is 407 g/mol. The number of aryl methyl sites for hydroxylation is 1. The van der Waals surface area contributed by atoms with Crippen molar-refractivity contribution in [2.75, 3.05) is 14.2 Å². The highest BCUT2D eigenvalue weighted by molar-refractivity contribution is 7.74. The van der Waals surface area contributed by atoms with Crippen molar-refractivity contribution in [1.82, 2.24) is 0 Å². The minimum atomic E-state index is -3.45. The molecule has 0 amide bonds. The second-order valence-electron chi connectivity index (χ2n) is 6.72. The standard InChI is InChI=1S/C23H22NO4P/c1-26-18-8-12-20(13-9-18)29(25,21-14-10-19(27-2)11-15-21)28-24-23-16-7-17-5-3-4-6-22(17)23/h3-6,8-15H,7,16H2,1-2H3/b24-23+. The Bertz CT molecular complexity index is 1020. The zero-order valence-corrected chi connectivity index (χ0v) is 17.3. The lowest BCUT2D eigenvalue weighted by Gasteiger charge is -2.17. The van der Waals surface area contributed by atoms with Crippen LogP contribution in [-0.2, 0) is 15.6 Å². The summed E-state index contributed by atoms with van der Waals surface area (Å²) in [7, 11) is -0.257. The van der Waals surface area contributed by atoms with E-state index < -0.39 is 7.37 Å². The highest BCUT2D eigenvalue weighted by Crippen LogP contribution is 2.46. The molecule has 29 heavy (non-hydrogen) atoms. The molecule has 0 N–H and O–H groups in total. The molecule has 0 aliphatic heterocycles. The quantitative estimate of drug-likeness (QED) is 0.452. The van der Waals surface area contributed by atoms with Gasteiger partial charge in [0.25, 0.3) is 0 Å². The summed E-state index contributed by atoms with van der Waals surface area (Å²) in [5.41, 5.74) is 3.12. The van der Waals surface area contributed by atoms with E-state index in [0.717, 1.165) is 24.1 Å². The first-order valence-electron chi connectivity index (χ1n) is 9.37. The van der Waals surface area contributed by atoms with Crippen molar-refractivity contribution in [2.45, 2.75) is 12.8 Å². The summed E-state index contributed by atoms with van der Waals surface area (Å²) in [5.74, 6) is 1.37. The van der Waals surface area contributed by atoms with Gasteiger partial charge >= 0.3 is 7.37 Å². The SMILES string of the molecule is COc1ccc(P(=O)(O/N=C2\CCc3ccccc32)c2ccc(OC)cc2)cc1. The van der Waals surface area contributed by atoms with E-state index >= 15 is 0 Å². The van der Waals surface area contributed by atoms with Crippen LogP contribution in [-0.4, -0.2) is 19.9 Å². The third kappa shape index (κ3) is 3.79. The van der Waals surface area contributed by atoms with E-state index in [0.29, 0.717) is 22.1 Å². The molecule has 3 aromatic carbocycles. The molecular formula is C23H22NO4P. The number of hydrogen-bond donors (Lipinski definition) is 0. The fourth-order valence-corrected chi connectivity index (χ4v) is 5.19. The Morgan fingerprint density at radius 2 is 1.31 bits per heavy atom. The predicted octanol–water partition coefficient (Wildman–Crippen LogP) is 4.30. The molecular weight excluding hydrogens is 385 g/mol.